The first-order valence-electron chi connectivity index (χ1n) is 43.9. The third-order valence-corrected chi connectivity index (χ3v) is 32.5. The number of esters is 1. The van der Waals surface area contributed by atoms with Gasteiger partial charge in [-0.3, -0.25) is 4.72 Å². The Hall–Kier alpha value is -8.43. The quantitative estimate of drug-likeness (QED) is 0.0143. The summed E-state index contributed by atoms with van der Waals surface area (Å²) in [5.74, 6) is -0.443. The second-order valence-corrected chi connectivity index (χ2v) is 44.9. The van der Waals surface area contributed by atoms with Crippen molar-refractivity contribution in [2.45, 2.75) is 263 Å². The summed E-state index contributed by atoms with van der Waals surface area (Å²) in [6.45, 7) is 25.9. The van der Waals surface area contributed by atoms with Gasteiger partial charge in [0.2, 0.25) is 70.2 Å². The van der Waals surface area contributed by atoms with Crippen molar-refractivity contribution < 1.29 is 76.9 Å². The monoisotopic (exact) mass is 1930 g/mol. The van der Waals surface area contributed by atoms with Crippen LogP contribution in [0.5, 0.6) is 0 Å². The molecule has 0 spiro atoms. The van der Waals surface area contributed by atoms with E-state index in [9.17, 15) is 72.1 Å². The van der Waals surface area contributed by atoms with E-state index in [1.165, 1.54) is 54.3 Å². The largest absolute Gasteiger partial charge is 0.462 e. The van der Waals surface area contributed by atoms with Crippen LogP contribution in [-0.2, 0) is 84.9 Å². The smallest absolute Gasteiger partial charge is 0.338 e. The number of nitrogens with one attached hydrogen (secondary N) is 6. The van der Waals surface area contributed by atoms with E-state index < -0.39 is 86.2 Å². The van der Waals surface area contributed by atoms with Crippen LogP contribution in [0.2, 0.25) is 0 Å². The van der Waals surface area contributed by atoms with Gasteiger partial charge in [0.1, 0.15) is 0 Å². The van der Waals surface area contributed by atoms with Gasteiger partial charge >= 0.3 is 5.97 Å². The Morgan fingerprint density at radius 1 is 0.333 bits per heavy atom. The highest BCUT2D eigenvalue weighted by molar-refractivity contribution is 7.93. The molecule has 0 radical (unpaired) electrons. The molecule has 0 aromatic heterocycles. The number of hydrogen-bond acceptors (Lipinski definition) is 18. The Kier molecular flexibility index (Phi) is 50.6. The molecule has 0 unspecified atom stereocenters. The Bertz CT molecular complexity index is 5760. The predicted octanol–water partition coefficient (Wildman–Crippen LogP) is 18.0. The second-order valence-electron chi connectivity index (χ2n) is 31.0. The Labute approximate surface area is 772 Å². The molecule has 712 valence electrons. The van der Waals surface area contributed by atoms with Gasteiger partial charge in [-0.25, -0.2) is 101 Å². The van der Waals surface area contributed by atoms with Crippen molar-refractivity contribution in [1.29, 1.82) is 0 Å². The Morgan fingerprint density at radius 2 is 0.674 bits per heavy atom. The lowest BCUT2D eigenvalue weighted by Gasteiger charge is -2.23. The first-order valence-corrected chi connectivity index (χ1v) is 55.8. The second kappa shape index (κ2) is 57.8. The molecule has 9 aromatic carbocycles. The van der Waals surface area contributed by atoms with E-state index in [-0.39, 0.29) is 17.0 Å². The van der Waals surface area contributed by atoms with Gasteiger partial charge in [-0.1, -0.05) is 263 Å². The number of aryl methyl sites for hydroxylation is 6. The summed E-state index contributed by atoms with van der Waals surface area (Å²) in [7, 11) is -27.1. The molecule has 0 amide bonds. The molecule has 2 saturated carbocycles. The fraction of sp³-hybridized carbons (Fsp3) is 0.421. The van der Waals surface area contributed by atoms with Crippen LogP contribution in [0.1, 0.15) is 214 Å². The highest BCUT2D eigenvalue weighted by Crippen LogP contribution is 2.25. The summed E-state index contributed by atoms with van der Waals surface area (Å²) < 4.78 is 211. The van der Waals surface area contributed by atoms with Crippen molar-refractivity contribution >= 4 is 91.8 Å². The average Bonchev–Trinajstić information content (AvgIpc) is 0.825. The summed E-state index contributed by atoms with van der Waals surface area (Å²) in [5.41, 5.74) is 6.39. The molecule has 2 fully saturated rings. The number of hydrogen-bond donors (Lipinski definition) is 7. The Balaban J connectivity index is 0.000000309. The zero-order valence-electron chi connectivity index (χ0n) is 76.6. The highest BCUT2D eigenvalue weighted by Gasteiger charge is 2.26. The van der Waals surface area contributed by atoms with Gasteiger partial charge in [-0.2, -0.15) is 4.31 Å². The maximum absolute atomic E-state index is 12.2. The number of rotatable bonds is 35. The first kappa shape index (κ1) is 113. The van der Waals surface area contributed by atoms with Gasteiger partial charge in [0.25, 0.3) is 10.0 Å². The zero-order valence-corrected chi connectivity index (χ0v) is 83.1. The SMILES string of the molecule is CCCCCCCOC(=O)c1ccc(S(N)(=O)=O)cc1.CCCCNS(=O)(=O)c1ccc(C)cc1.CCCCNS(=O)(=O)c1ccccc1.CCCNS(=O)(=O)c1ccccc1C.CCN(CC)S(=O)(=O)c1ccc(C)cc1.Cc1ccc(S(=O)(=O)NC2CCCCC2)cc1.Cc1ccccc1S(=O)(=O)NC1CCCCC1.Cc1ccccc1S(=O)(=O)Nc1ccccc1. The van der Waals surface area contributed by atoms with Crippen molar-refractivity contribution in [2.75, 3.05) is 44.1 Å². The molecular weight excluding hydrogens is 1800 g/mol. The predicted molar refractivity (Wildman–Crippen MR) is 518 cm³/mol. The minimum Gasteiger partial charge on any atom is -0.462 e. The molecule has 0 aliphatic heterocycles. The van der Waals surface area contributed by atoms with Crippen LogP contribution in [-0.4, -0.2) is 129 Å². The van der Waals surface area contributed by atoms with E-state index in [0.717, 1.165) is 136 Å². The summed E-state index contributed by atoms with van der Waals surface area (Å²) >= 11 is 0. The number of ether oxygens (including phenoxy) is 1. The molecule has 0 saturated heterocycles. The Morgan fingerprint density at radius 3 is 1.07 bits per heavy atom. The van der Waals surface area contributed by atoms with Crippen LogP contribution < -0.4 is 33.5 Å². The van der Waals surface area contributed by atoms with E-state index in [0.29, 0.717) is 84.8 Å². The number of carbonyl (C=O) groups excluding carboxylic acids is 1. The molecule has 11 rings (SSSR count). The number of nitrogens with zero attached hydrogens (tertiary/aromatic N) is 1. The van der Waals surface area contributed by atoms with Crippen molar-refractivity contribution in [2.24, 2.45) is 5.14 Å². The van der Waals surface area contributed by atoms with Gasteiger partial charge in [0.05, 0.1) is 51.3 Å². The van der Waals surface area contributed by atoms with Crippen LogP contribution in [0.4, 0.5) is 5.69 Å². The number of nitrogens with two attached hydrogens (primary N) is 1. The average molecular weight is 1930 g/mol. The van der Waals surface area contributed by atoms with Crippen LogP contribution in [0.15, 0.2) is 270 Å². The van der Waals surface area contributed by atoms with Gasteiger partial charge in [-0.05, 0) is 213 Å². The lowest BCUT2D eigenvalue weighted by Crippen LogP contribution is -2.36. The molecule has 9 aromatic rings. The molecule has 8 N–H and O–H groups in total. The highest BCUT2D eigenvalue weighted by atomic mass is 32.2. The van der Waals surface area contributed by atoms with Crippen molar-refractivity contribution in [3.05, 3.63) is 269 Å². The normalized spacial score (nSPS) is 13.3. The van der Waals surface area contributed by atoms with Crippen LogP contribution in [0.25, 0.3) is 0 Å². The summed E-state index contributed by atoms with van der Waals surface area (Å²) in [4.78, 5) is 14.2. The van der Waals surface area contributed by atoms with Crippen LogP contribution >= 0.6 is 0 Å². The number of unbranched alkanes of at least 4 members (excludes halogenated alkanes) is 6. The minimum atomic E-state index is -3.73. The van der Waals surface area contributed by atoms with Gasteiger partial charge < -0.3 is 4.74 Å². The molecular formula is C95H136N8O18S8. The molecule has 129 heavy (non-hydrogen) atoms. The first-order chi connectivity index (χ1) is 61.0. The summed E-state index contributed by atoms with van der Waals surface area (Å²) in [6, 6.07) is 64.7. The number of sulfonamides is 8. The standard InChI is InChI=1S/C14H21NO4S.C13H19NO2S.C13H13NO2S.C13H19NO2S.2C11H17NO2S.2C10H15NO2S/c1-2-3-4-5-6-11-19-14(16)12-7-9-13(10-8-12)20(15,17)18;2*1-11-7-5-6-10-13(11)17(15,16)14-12-8-3-2-4-9-12;1-11-7-9-13(10-8-11)17(15,16)14-12-5-3-2-4-6-12;1-4-12(5-2)15(13,14)11-8-6-10(3)7-9-11;1-3-4-9-12-15(13,14)11-7-5-10(2)6-8-11;1-3-8-11-14(12,13)10-7-5-4-6-9(10)2;1-2-3-9-11-14(12,13)10-7-5-4-6-8-10/h7-10H,2-6,11H2,1H3,(H2,15,17,18);5-7,10,12,14H,2-4,8-9H2,1H3;2-10,14H,1H3;7-10,12,14H,2-6H2,1H3;6-9H,4-5H2,1-3H3;5-8,12H,3-4,9H2,1-2H3;4-7,11H,3,8H2,1-2H3;4-8,11H,2-3,9H2,1H3. The van der Waals surface area contributed by atoms with Gasteiger partial charge in [0, 0.05) is 50.5 Å². The number of anilines is 1. The lowest BCUT2D eigenvalue weighted by atomic mass is 9.96. The molecule has 34 heteroatoms. The molecule has 2 aliphatic rings. The number of carbonyl (C=O) groups is 1. The van der Waals surface area contributed by atoms with Crippen LogP contribution in [0, 0.1) is 41.5 Å². The molecule has 2 aliphatic carbocycles. The maximum atomic E-state index is 12.2. The number of para-hydroxylation sites is 1. The molecule has 0 atom stereocenters. The molecule has 0 bridgehead atoms. The van der Waals surface area contributed by atoms with Gasteiger partial charge in [0.15, 0.2) is 0 Å². The van der Waals surface area contributed by atoms with E-state index >= 15 is 0 Å². The minimum absolute atomic E-state index is 0.0198. The summed E-state index contributed by atoms with van der Waals surface area (Å²) in [5, 5.41) is 4.98. The zero-order chi connectivity index (χ0) is 95.8. The molecule has 26 nitrogen and oxygen atoms in total. The van der Waals surface area contributed by atoms with Crippen molar-refractivity contribution in [3.63, 3.8) is 0 Å². The third-order valence-electron chi connectivity index (χ3n) is 20.2. The van der Waals surface area contributed by atoms with Crippen LogP contribution in [0.3, 0.4) is 0 Å². The van der Waals surface area contributed by atoms with Gasteiger partial charge in [-0.15, -0.1) is 0 Å². The lowest BCUT2D eigenvalue weighted by molar-refractivity contribution is 0.0497. The van der Waals surface area contributed by atoms with E-state index in [2.05, 4.69) is 35.3 Å². The topological polar surface area (TPSA) is 401 Å². The maximum Gasteiger partial charge on any atom is 0.338 e. The van der Waals surface area contributed by atoms with E-state index in [1.807, 2.05) is 117 Å². The third kappa shape index (κ3) is 41.9. The summed E-state index contributed by atoms with van der Waals surface area (Å²) in [6.07, 6.45) is 20.7. The van der Waals surface area contributed by atoms with Crippen molar-refractivity contribution in [3.8, 4) is 0 Å². The van der Waals surface area contributed by atoms with E-state index in [1.54, 1.807) is 166 Å². The number of benzene rings is 9. The van der Waals surface area contributed by atoms with E-state index in [4.69, 9.17) is 9.88 Å². The fourth-order valence-electron chi connectivity index (χ4n) is 12.7. The number of primary sulfonamides is 1. The molecule has 0 heterocycles. The van der Waals surface area contributed by atoms with Crippen molar-refractivity contribution in [1.82, 2.24) is 27.9 Å². The fourth-order valence-corrected chi connectivity index (χ4v) is 22.4.